The zero-order valence-electron chi connectivity index (χ0n) is 12.7. The average molecular weight is 302 g/mol. The van der Waals surface area contributed by atoms with Crippen molar-refractivity contribution in [3.05, 3.63) is 30.6 Å². The summed E-state index contributed by atoms with van der Waals surface area (Å²) in [6.07, 6.45) is 2.55. The molecule has 0 aliphatic rings. The van der Waals surface area contributed by atoms with Crippen molar-refractivity contribution in [3.63, 3.8) is 0 Å². The van der Waals surface area contributed by atoms with E-state index in [1.165, 1.54) is 0 Å². The number of benzene rings is 1. The Labute approximate surface area is 128 Å². The molecular weight excluding hydrogens is 284 g/mol. The van der Waals surface area contributed by atoms with Crippen molar-refractivity contribution in [1.29, 1.82) is 0 Å². The Balaban J connectivity index is 1.89. The van der Waals surface area contributed by atoms with Gasteiger partial charge in [0.1, 0.15) is 12.1 Å². The molecule has 2 rings (SSSR count). The van der Waals surface area contributed by atoms with Crippen LogP contribution in [0.3, 0.4) is 0 Å². The predicted molar refractivity (Wildman–Crippen MR) is 82.4 cm³/mol. The Kier molecular flexibility index (Phi) is 4.55. The van der Waals surface area contributed by atoms with Gasteiger partial charge in [0.25, 0.3) is 0 Å². The fraction of sp³-hybridized carbons (Fsp3) is 0.333. The molecule has 0 saturated carbocycles. The summed E-state index contributed by atoms with van der Waals surface area (Å²) in [4.78, 5) is 31.6. The van der Waals surface area contributed by atoms with Gasteiger partial charge in [-0.1, -0.05) is 0 Å². The Morgan fingerprint density at radius 3 is 2.50 bits per heavy atom. The number of hydrogen-bond donors (Lipinski definition) is 2. The third-order valence-corrected chi connectivity index (χ3v) is 2.55. The number of alkyl carbamates (subject to hydrolysis) is 1. The highest BCUT2D eigenvalue weighted by Crippen LogP contribution is 2.14. The van der Waals surface area contributed by atoms with Gasteiger partial charge in [0.15, 0.2) is 0 Å². The van der Waals surface area contributed by atoms with Gasteiger partial charge in [0, 0.05) is 18.1 Å². The number of carbonyl (C=O) groups excluding carboxylic acids is 2. The van der Waals surface area contributed by atoms with Crippen LogP contribution in [0.2, 0.25) is 0 Å². The van der Waals surface area contributed by atoms with E-state index in [0.29, 0.717) is 11.2 Å². The second-order valence-electron chi connectivity index (χ2n) is 5.66. The molecule has 0 spiro atoms. The van der Waals surface area contributed by atoms with Crippen molar-refractivity contribution in [2.45, 2.75) is 26.4 Å². The highest BCUT2D eigenvalue weighted by Gasteiger charge is 2.16. The molecule has 2 amide bonds. The van der Waals surface area contributed by atoms with E-state index in [-0.39, 0.29) is 12.5 Å². The van der Waals surface area contributed by atoms with E-state index in [4.69, 9.17) is 4.74 Å². The predicted octanol–water partition coefficient (Wildman–Crippen LogP) is 2.09. The van der Waals surface area contributed by atoms with Gasteiger partial charge in [-0.25, -0.2) is 4.79 Å². The van der Waals surface area contributed by atoms with Crippen molar-refractivity contribution in [1.82, 2.24) is 15.3 Å². The molecule has 0 aliphatic heterocycles. The second-order valence-corrected chi connectivity index (χ2v) is 5.66. The third kappa shape index (κ3) is 4.69. The van der Waals surface area contributed by atoms with Gasteiger partial charge in [0.05, 0.1) is 11.0 Å². The molecule has 7 nitrogen and oxygen atoms in total. The summed E-state index contributed by atoms with van der Waals surface area (Å²) in [7, 11) is 0. The summed E-state index contributed by atoms with van der Waals surface area (Å²) in [5, 5.41) is 5.07. The van der Waals surface area contributed by atoms with E-state index in [9.17, 15) is 9.59 Å². The molecular formula is C15H18N4O3. The fourth-order valence-electron chi connectivity index (χ4n) is 1.71. The van der Waals surface area contributed by atoms with E-state index < -0.39 is 11.7 Å². The molecule has 2 N–H and O–H groups in total. The van der Waals surface area contributed by atoms with E-state index in [1.54, 1.807) is 51.4 Å². The molecule has 7 heteroatoms. The molecule has 0 radical (unpaired) electrons. The minimum absolute atomic E-state index is 0.173. The number of anilines is 1. The number of amides is 2. The van der Waals surface area contributed by atoms with Crippen molar-refractivity contribution < 1.29 is 14.3 Å². The Hall–Kier alpha value is -2.70. The SMILES string of the molecule is CC(C)(C)OC(=O)NCC(=O)Nc1ccc2nccnc2c1. The first-order valence-corrected chi connectivity index (χ1v) is 6.81. The van der Waals surface area contributed by atoms with Crippen molar-refractivity contribution in [2.75, 3.05) is 11.9 Å². The molecule has 0 aliphatic carbocycles. The number of rotatable bonds is 3. The van der Waals surface area contributed by atoms with Crippen LogP contribution in [0.25, 0.3) is 11.0 Å². The van der Waals surface area contributed by atoms with Crippen LogP contribution in [-0.4, -0.2) is 34.1 Å². The second kappa shape index (κ2) is 6.38. The maximum Gasteiger partial charge on any atom is 0.408 e. The topological polar surface area (TPSA) is 93.2 Å². The van der Waals surface area contributed by atoms with Gasteiger partial charge < -0.3 is 15.4 Å². The summed E-state index contributed by atoms with van der Waals surface area (Å²) in [6.45, 7) is 5.09. The van der Waals surface area contributed by atoms with Crippen LogP contribution in [0.5, 0.6) is 0 Å². The van der Waals surface area contributed by atoms with Gasteiger partial charge in [0.2, 0.25) is 5.91 Å². The molecule has 1 aromatic heterocycles. The number of carbonyl (C=O) groups is 2. The van der Waals surface area contributed by atoms with Gasteiger partial charge in [-0.05, 0) is 39.0 Å². The van der Waals surface area contributed by atoms with Crippen LogP contribution < -0.4 is 10.6 Å². The summed E-state index contributed by atoms with van der Waals surface area (Å²) < 4.78 is 5.05. The molecule has 0 fully saturated rings. The number of nitrogens with zero attached hydrogens (tertiary/aromatic N) is 2. The van der Waals surface area contributed by atoms with E-state index in [1.807, 2.05) is 0 Å². The van der Waals surface area contributed by atoms with Crippen molar-refractivity contribution >= 4 is 28.7 Å². The molecule has 22 heavy (non-hydrogen) atoms. The number of hydrogen-bond acceptors (Lipinski definition) is 5. The standard InChI is InChI=1S/C15H18N4O3/c1-15(2,3)22-14(21)18-9-13(20)19-10-4-5-11-12(8-10)17-7-6-16-11/h4-8H,9H2,1-3H3,(H,18,21)(H,19,20). The molecule has 2 aromatic rings. The quantitative estimate of drug-likeness (QED) is 0.905. The number of fused-ring (bicyclic) bond motifs is 1. The van der Waals surface area contributed by atoms with Gasteiger partial charge in [-0.15, -0.1) is 0 Å². The van der Waals surface area contributed by atoms with Crippen LogP contribution >= 0.6 is 0 Å². The third-order valence-electron chi connectivity index (χ3n) is 2.55. The Morgan fingerprint density at radius 2 is 1.82 bits per heavy atom. The summed E-state index contributed by atoms with van der Waals surface area (Å²) >= 11 is 0. The lowest BCUT2D eigenvalue weighted by molar-refractivity contribution is -0.115. The maximum atomic E-state index is 11.8. The van der Waals surface area contributed by atoms with Crippen LogP contribution in [0.1, 0.15) is 20.8 Å². The highest BCUT2D eigenvalue weighted by atomic mass is 16.6. The molecule has 1 heterocycles. The zero-order chi connectivity index (χ0) is 16.2. The van der Waals surface area contributed by atoms with E-state index >= 15 is 0 Å². The molecule has 0 saturated heterocycles. The first-order valence-electron chi connectivity index (χ1n) is 6.81. The first kappa shape index (κ1) is 15.7. The molecule has 0 bridgehead atoms. The first-order chi connectivity index (χ1) is 10.3. The lowest BCUT2D eigenvalue weighted by Gasteiger charge is -2.19. The maximum absolute atomic E-state index is 11.8. The lowest BCUT2D eigenvalue weighted by atomic mass is 10.2. The molecule has 0 atom stereocenters. The van der Waals surface area contributed by atoms with Crippen LogP contribution in [0, 0.1) is 0 Å². The molecule has 1 aromatic carbocycles. The van der Waals surface area contributed by atoms with Crippen molar-refractivity contribution in [3.8, 4) is 0 Å². The van der Waals surface area contributed by atoms with E-state index in [0.717, 1.165) is 5.52 Å². The van der Waals surface area contributed by atoms with Gasteiger partial charge >= 0.3 is 6.09 Å². The number of aromatic nitrogens is 2. The highest BCUT2D eigenvalue weighted by molar-refractivity contribution is 5.95. The minimum atomic E-state index is -0.632. The van der Waals surface area contributed by atoms with Crippen LogP contribution in [0.15, 0.2) is 30.6 Å². The van der Waals surface area contributed by atoms with Gasteiger partial charge in [-0.3, -0.25) is 14.8 Å². The van der Waals surface area contributed by atoms with Crippen molar-refractivity contribution in [2.24, 2.45) is 0 Å². The van der Waals surface area contributed by atoms with Gasteiger partial charge in [-0.2, -0.15) is 0 Å². The smallest absolute Gasteiger partial charge is 0.408 e. The monoisotopic (exact) mass is 302 g/mol. The molecule has 116 valence electrons. The normalized spacial score (nSPS) is 11.0. The van der Waals surface area contributed by atoms with Crippen LogP contribution in [-0.2, 0) is 9.53 Å². The average Bonchev–Trinajstić information content (AvgIpc) is 2.43. The summed E-state index contributed by atoms with van der Waals surface area (Å²) in [6, 6.07) is 5.20. The van der Waals surface area contributed by atoms with Crippen LogP contribution in [0.4, 0.5) is 10.5 Å². The minimum Gasteiger partial charge on any atom is -0.444 e. The van der Waals surface area contributed by atoms with E-state index in [2.05, 4.69) is 20.6 Å². The summed E-state index contributed by atoms with van der Waals surface area (Å²) in [5.41, 5.74) is 1.41. The largest absolute Gasteiger partial charge is 0.444 e. The Morgan fingerprint density at radius 1 is 1.14 bits per heavy atom. The molecule has 0 unspecified atom stereocenters. The summed E-state index contributed by atoms with van der Waals surface area (Å²) in [5.74, 6) is -0.353. The fourth-order valence-corrected chi connectivity index (χ4v) is 1.71. The Bertz CT molecular complexity index is 694. The number of ether oxygens (including phenoxy) is 1. The number of nitrogens with one attached hydrogen (secondary N) is 2. The zero-order valence-corrected chi connectivity index (χ0v) is 12.7. The lowest BCUT2D eigenvalue weighted by Crippen LogP contribution is -2.37.